The zero-order chi connectivity index (χ0) is 11.7. The van der Waals surface area contributed by atoms with Gasteiger partial charge in [-0.25, -0.2) is 4.68 Å². The maximum atomic E-state index is 5.64. The molecule has 3 rings (SSSR count). The number of nitrogens with two attached hydrogens (primary N) is 1. The Morgan fingerprint density at radius 2 is 1.94 bits per heavy atom. The fourth-order valence-electron chi connectivity index (χ4n) is 2.41. The summed E-state index contributed by atoms with van der Waals surface area (Å²) >= 11 is 0. The Hall–Kier alpha value is -0.900. The van der Waals surface area contributed by atoms with Crippen molar-refractivity contribution in [3.8, 4) is 0 Å². The normalized spacial score (nSPS) is 19.8. The third-order valence-corrected chi connectivity index (χ3v) is 3.92. The summed E-state index contributed by atoms with van der Waals surface area (Å²) < 4.78 is 2.15. The maximum absolute atomic E-state index is 5.64. The first-order valence-electron chi connectivity index (χ1n) is 6.98. The predicted octanol–water partition coefficient (Wildman–Crippen LogP) is 1.53. The second kappa shape index (κ2) is 4.77. The molecule has 2 fully saturated rings. The standard InChI is InChI=1S/C13H22N4/c14-7-5-12-13(9-11-3-4-11)17(16-15-12)8-6-10-1-2-10/h10-11H,1-9,14H2. The fraction of sp³-hybridized carbons (Fsp3) is 0.846. The van der Waals surface area contributed by atoms with E-state index < -0.39 is 0 Å². The molecule has 2 N–H and O–H groups in total. The lowest BCUT2D eigenvalue weighted by molar-refractivity contribution is 0.508. The number of hydrogen-bond donors (Lipinski definition) is 1. The first-order chi connectivity index (χ1) is 8.36. The van der Waals surface area contributed by atoms with Gasteiger partial charge in [-0.15, -0.1) is 5.10 Å². The zero-order valence-electron chi connectivity index (χ0n) is 10.4. The highest BCUT2D eigenvalue weighted by atomic mass is 15.4. The number of aryl methyl sites for hydroxylation is 1. The van der Waals surface area contributed by atoms with Gasteiger partial charge in [0.15, 0.2) is 0 Å². The number of hydrogen-bond acceptors (Lipinski definition) is 3. The summed E-state index contributed by atoms with van der Waals surface area (Å²) in [5.74, 6) is 1.86. The van der Waals surface area contributed by atoms with Gasteiger partial charge in [-0.1, -0.05) is 18.1 Å². The summed E-state index contributed by atoms with van der Waals surface area (Å²) in [7, 11) is 0. The first-order valence-corrected chi connectivity index (χ1v) is 6.98. The Bertz CT molecular complexity index is 377. The Morgan fingerprint density at radius 1 is 1.18 bits per heavy atom. The van der Waals surface area contributed by atoms with Crippen molar-refractivity contribution >= 4 is 0 Å². The van der Waals surface area contributed by atoms with Gasteiger partial charge in [-0.2, -0.15) is 0 Å². The van der Waals surface area contributed by atoms with Crippen molar-refractivity contribution in [2.75, 3.05) is 6.54 Å². The van der Waals surface area contributed by atoms with E-state index in [-0.39, 0.29) is 0 Å². The summed E-state index contributed by atoms with van der Waals surface area (Å²) in [6.45, 7) is 1.74. The molecule has 0 spiro atoms. The molecule has 0 unspecified atom stereocenters. The average molecular weight is 234 g/mol. The molecule has 4 nitrogen and oxygen atoms in total. The minimum absolute atomic E-state index is 0.680. The SMILES string of the molecule is NCCc1nnn(CCC2CC2)c1CC1CC1. The highest BCUT2D eigenvalue weighted by Crippen LogP contribution is 2.35. The molecule has 2 aliphatic rings. The molecule has 0 bridgehead atoms. The largest absolute Gasteiger partial charge is 0.330 e. The van der Waals surface area contributed by atoms with Gasteiger partial charge in [0.05, 0.1) is 11.4 Å². The van der Waals surface area contributed by atoms with Crippen molar-refractivity contribution in [3.63, 3.8) is 0 Å². The van der Waals surface area contributed by atoms with Crippen LogP contribution in [0.5, 0.6) is 0 Å². The molecule has 0 aliphatic heterocycles. The van der Waals surface area contributed by atoms with E-state index in [1.807, 2.05) is 0 Å². The van der Waals surface area contributed by atoms with Gasteiger partial charge in [-0.3, -0.25) is 0 Å². The molecule has 0 atom stereocenters. The third-order valence-electron chi connectivity index (χ3n) is 3.92. The lowest BCUT2D eigenvalue weighted by Gasteiger charge is -2.06. The molecule has 0 saturated heterocycles. The summed E-state index contributed by atoms with van der Waals surface area (Å²) in [5, 5.41) is 8.64. The van der Waals surface area contributed by atoms with Crippen LogP contribution >= 0.6 is 0 Å². The van der Waals surface area contributed by atoms with E-state index in [9.17, 15) is 0 Å². The molecule has 2 aliphatic carbocycles. The van der Waals surface area contributed by atoms with E-state index in [1.54, 1.807) is 0 Å². The van der Waals surface area contributed by atoms with Crippen molar-refractivity contribution in [1.82, 2.24) is 15.0 Å². The van der Waals surface area contributed by atoms with Gasteiger partial charge >= 0.3 is 0 Å². The molecular weight excluding hydrogens is 212 g/mol. The highest BCUT2D eigenvalue weighted by Gasteiger charge is 2.26. The van der Waals surface area contributed by atoms with Crippen molar-refractivity contribution in [3.05, 3.63) is 11.4 Å². The quantitative estimate of drug-likeness (QED) is 0.778. The van der Waals surface area contributed by atoms with Crippen molar-refractivity contribution in [2.45, 2.75) is 51.5 Å². The molecule has 0 aromatic carbocycles. The van der Waals surface area contributed by atoms with Crippen LogP contribution in [0.1, 0.15) is 43.5 Å². The van der Waals surface area contributed by atoms with Crippen LogP contribution in [-0.4, -0.2) is 21.5 Å². The average Bonchev–Trinajstić information content (AvgIpc) is 3.21. The van der Waals surface area contributed by atoms with E-state index in [4.69, 9.17) is 5.73 Å². The van der Waals surface area contributed by atoms with Gasteiger partial charge in [-0.05, 0) is 44.1 Å². The van der Waals surface area contributed by atoms with Crippen LogP contribution in [0.2, 0.25) is 0 Å². The minimum atomic E-state index is 0.680. The first kappa shape index (κ1) is 11.2. The second-order valence-electron chi connectivity index (χ2n) is 5.62. The van der Waals surface area contributed by atoms with E-state index >= 15 is 0 Å². The molecule has 1 aromatic heterocycles. The van der Waals surface area contributed by atoms with Crippen LogP contribution in [0.4, 0.5) is 0 Å². The lowest BCUT2D eigenvalue weighted by Crippen LogP contribution is -2.10. The van der Waals surface area contributed by atoms with Gasteiger partial charge in [0.2, 0.25) is 0 Å². The van der Waals surface area contributed by atoms with Crippen molar-refractivity contribution < 1.29 is 0 Å². The lowest BCUT2D eigenvalue weighted by atomic mass is 10.1. The maximum Gasteiger partial charge on any atom is 0.0871 e. The van der Waals surface area contributed by atoms with E-state index in [2.05, 4.69) is 15.0 Å². The van der Waals surface area contributed by atoms with Crippen molar-refractivity contribution in [1.29, 1.82) is 0 Å². The fourth-order valence-corrected chi connectivity index (χ4v) is 2.41. The van der Waals surface area contributed by atoms with Crippen LogP contribution in [0.25, 0.3) is 0 Å². The predicted molar refractivity (Wildman–Crippen MR) is 66.5 cm³/mol. The molecule has 2 saturated carbocycles. The molecule has 1 aromatic rings. The Morgan fingerprint density at radius 3 is 2.59 bits per heavy atom. The Balaban J connectivity index is 1.69. The summed E-state index contributed by atoms with van der Waals surface area (Å²) in [4.78, 5) is 0. The number of nitrogens with zero attached hydrogens (tertiary/aromatic N) is 3. The molecule has 4 heteroatoms. The summed E-state index contributed by atoms with van der Waals surface area (Å²) in [5.41, 5.74) is 8.16. The van der Waals surface area contributed by atoms with E-state index in [0.717, 1.165) is 30.5 Å². The Labute approximate surface area is 103 Å². The number of aromatic nitrogens is 3. The van der Waals surface area contributed by atoms with Gasteiger partial charge in [0.25, 0.3) is 0 Å². The van der Waals surface area contributed by atoms with E-state index in [0.29, 0.717) is 6.54 Å². The van der Waals surface area contributed by atoms with E-state index in [1.165, 1.54) is 44.2 Å². The summed E-state index contributed by atoms with van der Waals surface area (Å²) in [6.07, 6.45) is 8.94. The summed E-state index contributed by atoms with van der Waals surface area (Å²) in [6, 6.07) is 0. The van der Waals surface area contributed by atoms with Gasteiger partial charge in [0, 0.05) is 13.0 Å². The van der Waals surface area contributed by atoms with Crippen LogP contribution in [0, 0.1) is 11.8 Å². The topological polar surface area (TPSA) is 56.7 Å². The number of rotatable bonds is 7. The molecular formula is C13H22N4. The van der Waals surface area contributed by atoms with Gasteiger partial charge in [0.1, 0.15) is 0 Å². The Kier molecular flexibility index (Phi) is 3.14. The zero-order valence-corrected chi connectivity index (χ0v) is 10.4. The van der Waals surface area contributed by atoms with Crippen LogP contribution in [0.3, 0.4) is 0 Å². The second-order valence-corrected chi connectivity index (χ2v) is 5.62. The van der Waals surface area contributed by atoms with Crippen LogP contribution < -0.4 is 5.73 Å². The molecule has 1 heterocycles. The molecule has 0 amide bonds. The molecule has 17 heavy (non-hydrogen) atoms. The van der Waals surface area contributed by atoms with Crippen LogP contribution in [0.15, 0.2) is 0 Å². The van der Waals surface area contributed by atoms with Gasteiger partial charge < -0.3 is 5.73 Å². The molecule has 0 radical (unpaired) electrons. The van der Waals surface area contributed by atoms with Crippen LogP contribution in [-0.2, 0) is 19.4 Å². The highest BCUT2D eigenvalue weighted by molar-refractivity contribution is 5.13. The smallest absolute Gasteiger partial charge is 0.0871 e. The van der Waals surface area contributed by atoms with Crippen molar-refractivity contribution in [2.24, 2.45) is 17.6 Å². The third kappa shape index (κ3) is 2.86. The monoisotopic (exact) mass is 234 g/mol. The minimum Gasteiger partial charge on any atom is -0.330 e. The molecule has 94 valence electrons.